The van der Waals surface area contributed by atoms with Crippen molar-refractivity contribution in [1.29, 1.82) is 0 Å². The molecule has 0 saturated heterocycles. The normalized spacial score (nSPS) is 22.3. The summed E-state index contributed by atoms with van der Waals surface area (Å²) in [4.78, 5) is 5.20. The van der Waals surface area contributed by atoms with Gasteiger partial charge in [0.05, 0.1) is 11.4 Å². The van der Waals surface area contributed by atoms with Gasteiger partial charge in [0.15, 0.2) is 0 Å². The van der Waals surface area contributed by atoms with E-state index < -0.39 is 0 Å². The van der Waals surface area contributed by atoms with Gasteiger partial charge in [-0.1, -0.05) is 50.7 Å². The Kier molecular flexibility index (Phi) is 7.13. The van der Waals surface area contributed by atoms with E-state index in [0.29, 0.717) is 0 Å². The van der Waals surface area contributed by atoms with Gasteiger partial charge in [0.1, 0.15) is 6.67 Å². The minimum Gasteiger partial charge on any atom is -1.00 e. The maximum absolute atomic E-state index is 2.60. The first-order chi connectivity index (χ1) is 10.4. The first-order valence-electron chi connectivity index (χ1n) is 8.94. The van der Waals surface area contributed by atoms with Gasteiger partial charge < -0.3 is 22.2 Å². The Balaban J connectivity index is 0.000000960. The van der Waals surface area contributed by atoms with Gasteiger partial charge in [0, 0.05) is 12.1 Å². The number of fused-ring (bicyclic) bond motifs is 1. The number of hydrogen-bond acceptors (Lipinski definition) is 2. The first-order valence-corrected chi connectivity index (χ1v) is 8.94. The van der Waals surface area contributed by atoms with Gasteiger partial charge in [0.25, 0.3) is 0 Å². The summed E-state index contributed by atoms with van der Waals surface area (Å²) in [5.74, 6) is 0. The molecule has 0 atom stereocenters. The van der Waals surface area contributed by atoms with Crippen LogP contribution >= 0.6 is 0 Å². The van der Waals surface area contributed by atoms with Gasteiger partial charge in [-0.15, -0.1) is 0 Å². The molecule has 1 aromatic carbocycles. The van der Waals surface area contributed by atoms with E-state index >= 15 is 0 Å². The van der Waals surface area contributed by atoms with Crippen LogP contribution in [0.25, 0.3) is 0 Å². The van der Waals surface area contributed by atoms with E-state index in [0.717, 1.165) is 12.1 Å². The molecule has 1 heterocycles. The van der Waals surface area contributed by atoms with Crippen molar-refractivity contribution in [2.24, 2.45) is 0 Å². The van der Waals surface area contributed by atoms with Gasteiger partial charge >= 0.3 is 17.1 Å². The van der Waals surface area contributed by atoms with Crippen molar-refractivity contribution in [3.8, 4) is 0 Å². The van der Waals surface area contributed by atoms with Crippen molar-refractivity contribution >= 4 is 11.4 Å². The first kappa shape index (κ1) is 19.0. The van der Waals surface area contributed by atoms with Crippen LogP contribution in [-0.2, 0) is 17.1 Å². The van der Waals surface area contributed by atoms with Crippen LogP contribution < -0.4 is 22.2 Å². The van der Waals surface area contributed by atoms with Gasteiger partial charge in [-0.3, -0.25) is 0 Å². The topological polar surface area (TPSA) is 6.48 Å². The molecule has 1 aromatic rings. The Morgan fingerprint density at radius 3 is 1.43 bits per heavy atom. The third-order valence-electron chi connectivity index (χ3n) is 5.62. The second-order valence-corrected chi connectivity index (χ2v) is 7.00. The van der Waals surface area contributed by atoms with Crippen LogP contribution in [0.1, 0.15) is 64.2 Å². The third kappa shape index (κ3) is 3.83. The molecule has 0 bridgehead atoms. The third-order valence-corrected chi connectivity index (χ3v) is 5.62. The Morgan fingerprint density at radius 1 is 0.652 bits per heavy atom. The number of rotatable bonds is 2. The van der Waals surface area contributed by atoms with Crippen molar-refractivity contribution in [2.45, 2.75) is 76.3 Å². The quantitative estimate of drug-likeness (QED) is 0.723. The standard InChI is InChI=1S/C19H27N2.ClH.Cu/c1-3-9-16(10-4-1)20-15-21(17-11-5-2-6-12-17)19-14-8-7-13-18(19)20;;/h7-8,13-17H,1-6,9-12H2;1H;/q;;+1/p-1. The predicted octanol–water partition coefficient (Wildman–Crippen LogP) is 2.10. The summed E-state index contributed by atoms with van der Waals surface area (Å²) >= 11 is 0. The largest absolute Gasteiger partial charge is 1.00 e. The van der Waals surface area contributed by atoms with E-state index in [1.54, 1.807) is 0 Å². The monoisotopic (exact) mass is 381 g/mol. The van der Waals surface area contributed by atoms with Crippen LogP contribution in [0.4, 0.5) is 11.4 Å². The number of benzene rings is 1. The van der Waals surface area contributed by atoms with E-state index in [9.17, 15) is 0 Å². The maximum atomic E-state index is 2.60. The molecule has 4 heteroatoms. The van der Waals surface area contributed by atoms with E-state index in [-0.39, 0.29) is 29.5 Å². The minimum atomic E-state index is 0. The van der Waals surface area contributed by atoms with Crippen LogP contribution in [0.15, 0.2) is 24.3 Å². The Labute approximate surface area is 157 Å². The number of anilines is 2. The SMILES string of the molecule is [CH]1N(C2CCCCC2)c2ccccc2N1C1CCCCC1.[Cl-].[Cu+]. The van der Waals surface area contributed by atoms with Crippen LogP contribution in [0.2, 0.25) is 0 Å². The predicted molar refractivity (Wildman–Crippen MR) is 89.4 cm³/mol. The summed E-state index contributed by atoms with van der Waals surface area (Å²) in [6.45, 7) is 2.46. The Bertz CT molecular complexity index is 441. The molecule has 23 heavy (non-hydrogen) atoms. The fourth-order valence-electron chi connectivity index (χ4n) is 4.46. The smallest absolute Gasteiger partial charge is 1.00 e. The molecule has 0 spiro atoms. The zero-order valence-corrected chi connectivity index (χ0v) is 15.4. The number of hydrogen-bond donors (Lipinski definition) is 0. The van der Waals surface area contributed by atoms with E-state index in [1.165, 1.54) is 75.6 Å². The van der Waals surface area contributed by atoms with Crippen LogP contribution in [0.3, 0.4) is 0 Å². The zero-order valence-electron chi connectivity index (χ0n) is 13.7. The number of nitrogens with zero attached hydrogens (tertiary/aromatic N) is 2. The molecule has 131 valence electrons. The van der Waals surface area contributed by atoms with E-state index in [4.69, 9.17) is 0 Å². The molecule has 1 aliphatic heterocycles. The molecular weight excluding hydrogens is 355 g/mol. The summed E-state index contributed by atoms with van der Waals surface area (Å²) in [6, 6.07) is 10.5. The van der Waals surface area contributed by atoms with Crippen LogP contribution in [0, 0.1) is 6.67 Å². The van der Waals surface area contributed by atoms with Crippen molar-refractivity contribution in [1.82, 2.24) is 0 Å². The van der Waals surface area contributed by atoms with Gasteiger partial charge in [-0.2, -0.15) is 0 Å². The summed E-state index contributed by atoms with van der Waals surface area (Å²) in [5, 5.41) is 0. The Hall–Kier alpha value is -0.371. The number of para-hydroxylation sites is 2. The average Bonchev–Trinajstić information content (AvgIpc) is 2.96. The van der Waals surface area contributed by atoms with E-state index in [1.807, 2.05) is 0 Å². The second-order valence-electron chi connectivity index (χ2n) is 7.00. The fourth-order valence-corrected chi connectivity index (χ4v) is 4.46. The molecule has 2 nitrogen and oxygen atoms in total. The molecule has 0 aromatic heterocycles. The minimum absolute atomic E-state index is 0. The van der Waals surface area contributed by atoms with E-state index in [2.05, 4.69) is 40.7 Å². The Morgan fingerprint density at radius 2 is 1.04 bits per heavy atom. The molecular formula is C19H27ClCuN2. The summed E-state index contributed by atoms with van der Waals surface area (Å²) in [5.41, 5.74) is 2.91. The summed E-state index contributed by atoms with van der Waals surface area (Å²) in [7, 11) is 0. The summed E-state index contributed by atoms with van der Waals surface area (Å²) < 4.78 is 0. The maximum Gasteiger partial charge on any atom is 1.00 e. The van der Waals surface area contributed by atoms with Crippen molar-refractivity contribution in [3.63, 3.8) is 0 Å². The molecule has 2 aliphatic carbocycles. The van der Waals surface area contributed by atoms with Crippen LogP contribution in [0.5, 0.6) is 0 Å². The molecule has 1 radical (unpaired) electrons. The fraction of sp³-hybridized carbons (Fsp3) is 0.632. The zero-order chi connectivity index (χ0) is 14.1. The van der Waals surface area contributed by atoms with Crippen molar-refractivity contribution in [2.75, 3.05) is 9.80 Å². The molecule has 2 saturated carbocycles. The molecule has 0 unspecified atom stereocenters. The molecule has 0 amide bonds. The molecule has 4 rings (SSSR count). The van der Waals surface area contributed by atoms with Gasteiger partial charge in [-0.05, 0) is 37.8 Å². The van der Waals surface area contributed by atoms with Gasteiger partial charge in [-0.25, -0.2) is 0 Å². The number of halogens is 1. The summed E-state index contributed by atoms with van der Waals surface area (Å²) in [6.07, 6.45) is 13.9. The average molecular weight is 382 g/mol. The second kappa shape index (κ2) is 8.65. The molecule has 2 fully saturated rings. The van der Waals surface area contributed by atoms with Crippen molar-refractivity contribution in [3.05, 3.63) is 30.9 Å². The molecule has 0 N–H and O–H groups in total. The van der Waals surface area contributed by atoms with Crippen molar-refractivity contribution < 1.29 is 29.5 Å². The molecule has 3 aliphatic rings. The van der Waals surface area contributed by atoms with Gasteiger partial charge in [0.2, 0.25) is 0 Å². The van der Waals surface area contributed by atoms with Crippen LogP contribution in [-0.4, -0.2) is 12.1 Å².